The van der Waals surface area contributed by atoms with Crippen molar-refractivity contribution in [3.05, 3.63) is 24.3 Å². The highest BCUT2D eigenvalue weighted by molar-refractivity contribution is 6.14. The van der Waals surface area contributed by atoms with Gasteiger partial charge >= 0.3 is 0 Å². The van der Waals surface area contributed by atoms with E-state index in [9.17, 15) is 9.59 Å². The van der Waals surface area contributed by atoms with Crippen LogP contribution in [0, 0.1) is 0 Å². The third kappa shape index (κ3) is 2.80. The summed E-state index contributed by atoms with van der Waals surface area (Å²) in [6.45, 7) is 9.74. The molecule has 0 unspecified atom stereocenters. The molecule has 6 heteroatoms. The van der Waals surface area contributed by atoms with Gasteiger partial charge in [0.25, 0.3) is 5.91 Å². The van der Waals surface area contributed by atoms with Crippen molar-refractivity contribution >= 4 is 23.2 Å². The van der Waals surface area contributed by atoms with Crippen molar-refractivity contribution in [2.45, 2.75) is 32.4 Å². The topological polar surface area (TPSA) is 58.3 Å². The molecule has 0 spiro atoms. The number of carbonyl (C=O) groups is 2. The van der Waals surface area contributed by atoms with Crippen LogP contribution in [-0.4, -0.2) is 56.6 Å². The highest BCUT2D eigenvalue weighted by Gasteiger charge is 2.46. The average molecular weight is 332 g/mol. The number of benzene rings is 1. The average Bonchev–Trinajstić information content (AvgIpc) is 2.55. The summed E-state index contributed by atoms with van der Waals surface area (Å²) in [5.74, 6) is -0.114. The minimum atomic E-state index is -0.892. The predicted octanol–water partition coefficient (Wildman–Crippen LogP) is -1.45. The SMILES string of the molecule is C[C@@H](C(=O)N1c2ccccc2NC(=O)C1(C)C)[NH+]1CC[NH+](C)CC1. The molecular weight excluding hydrogens is 304 g/mol. The standard InChI is InChI=1S/C18H26N4O2/c1-13(21-11-9-20(4)10-12-21)16(23)22-15-8-6-5-7-14(15)19-17(24)18(22,2)3/h5-8,13H,9-12H2,1-4H3,(H,19,24)/p+2/t13-/m0/s1. The van der Waals surface area contributed by atoms with Crippen molar-refractivity contribution in [2.75, 3.05) is 43.4 Å². The van der Waals surface area contributed by atoms with Gasteiger partial charge in [-0.3, -0.25) is 14.5 Å². The first-order valence-electron chi connectivity index (χ1n) is 8.73. The molecule has 1 saturated heterocycles. The van der Waals surface area contributed by atoms with E-state index < -0.39 is 5.54 Å². The summed E-state index contributed by atoms with van der Waals surface area (Å²) in [4.78, 5) is 30.4. The van der Waals surface area contributed by atoms with E-state index in [0.29, 0.717) is 5.69 Å². The first kappa shape index (κ1) is 16.9. The van der Waals surface area contributed by atoms with Gasteiger partial charge in [0.15, 0.2) is 6.04 Å². The Morgan fingerprint density at radius 1 is 1.21 bits per heavy atom. The number of amides is 2. The Kier molecular flexibility index (Phi) is 4.36. The van der Waals surface area contributed by atoms with Gasteiger partial charge in [0, 0.05) is 0 Å². The zero-order valence-corrected chi connectivity index (χ0v) is 15.0. The van der Waals surface area contributed by atoms with Crippen LogP contribution in [0.25, 0.3) is 0 Å². The minimum Gasteiger partial charge on any atom is -0.328 e. The first-order chi connectivity index (χ1) is 11.3. The number of rotatable bonds is 2. The molecule has 2 aliphatic rings. The molecule has 0 bridgehead atoms. The Hall–Kier alpha value is -1.92. The molecule has 1 atom stereocenters. The third-order valence-electron chi connectivity index (χ3n) is 5.46. The molecular formula is C18H28N4O2+2. The number of fused-ring (bicyclic) bond motifs is 1. The van der Waals surface area contributed by atoms with Crippen molar-refractivity contribution in [2.24, 2.45) is 0 Å². The lowest BCUT2D eigenvalue weighted by Gasteiger charge is -2.43. The molecule has 1 aromatic carbocycles. The lowest BCUT2D eigenvalue weighted by molar-refractivity contribution is -1.01. The van der Waals surface area contributed by atoms with Crippen LogP contribution in [0.5, 0.6) is 0 Å². The zero-order chi connectivity index (χ0) is 17.5. The fraction of sp³-hybridized carbons (Fsp3) is 0.556. The van der Waals surface area contributed by atoms with Crippen LogP contribution in [0.3, 0.4) is 0 Å². The van der Waals surface area contributed by atoms with Gasteiger partial charge < -0.3 is 15.1 Å². The highest BCUT2D eigenvalue weighted by Crippen LogP contribution is 2.36. The monoisotopic (exact) mass is 332 g/mol. The number of nitrogens with zero attached hydrogens (tertiary/aromatic N) is 1. The summed E-state index contributed by atoms with van der Waals surface area (Å²) in [7, 11) is 2.19. The first-order valence-corrected chi connectivity index (χ1v) is 8.73. The molecule has 3 rings (SSSR count). The van der Waals surface area contributed by atoms with E-state index in [-0.39, 0.29) is 17.9 Å². The second-order valence-corrected chi connectivity index (χ2v) is 7.54. The van der Waals surface area contributed by atoms with Gasteiger partial charge in [0.05, 0.1) is 18.4 Å². The fourth-order valence-corrected chi connectivity index (χ4v) is 3.65. The Labute approximate surface area is 143 Å². The van der Waals surface area contributed by atoms with Crippen LogP contribution >= 0.6 is 0 Å². The summed E-state index contributed by atoms with van der Waals surface area (Å²) in [5.41, 5.74) is 0.607. The minimum absolute atomic E-state index is 0.0249. The van der Waals surface area contributed by atoms with E-state index in [2.05, 4.69) is 12.4 Å². The number of carbonyl (C=O) groups excluding carboxylic acids is 2. The number of likely N-dealkylation sites (N-methyl/N-ethyl adjacent to an activating group) is 1. The van der Waals surface area contributed by atoms with Gasteiger partial charge in [0.2, 0.25) is 5.91 Å². The Morgan fingerprint density at radius 3 is 2.50 bits per heavy atom. The molecule has 0 radical (unpaired) electrons. The highest BCUT2D eigenvalue weighted by atomic mass is 16.2. The molecule has 130 valence electrons. The van der Waals surface area contributed by atoms with E-state index in [1.807, 2.05) is 45.0 Å². The molecule has 2 heterocycles. The van der Waals surface area contributed by atoms with Gasteiger partial charge in [-0.1, -0.05) is 12.1 Å². The molecule has 1 fully saturated rings. The van der Waals surface area contributed by atoms with Crippen LogP contribution in [-0.2, 0) is 9.59 Å². The maximum absolute atomic E-state index is 13.3. The van der Waals surface area contributed by atoms with Crippen LogP contribution in [0.15, 0.2) is 24.3 Å². The maximum atomic E-state index is 13.3. The lowest BCUT2D eigenvalue weighted by Crippen LogP contribution is -3.29. The molecule has 0 saturated carbocycles. The Bertz CT molecular complexity index is 650. The van der Waals surface area contributed by atoms with Gasteiger partial charge in [-0.25, -0.2) is 0 Å². The number of hydrogen-bond donors (Lipinski definition) is 3. The molecule has 0 aromatic heterocycles. The predicted molar refractivity (Wildman–Crippen MR) is 93.4 cm³/mol. The van der Waals surface area contributed by atoms with Crippen molar-refractivity contribution in [1.82, 2.24) is 0 Å². The van der Waals surface area contributed by atoms with Crippen LogP contribution < -0.4 is 20.0 Å². The fourth-order valence-electron chi connectivity index (χ4n) is 3.65. The lowest BCUT2D eigenvalue weighted by atomic mass is 9.95. The largest absolute Gasteiger partial charge is 0.328 e. The maximum Gasteiger partial charge on any atom is 0.285 e. The zero-order valence-electron chi connectivity index (χ0n) is 15.0. The second kappa shape index (κ2) is 6.18. The number of quaternary nitrogens is 2. The van der Waals surface area contributed by atoms with E-state index in [1.54, 1.807) is 4.90 Å². The van der Waals surface area contributed by atoms with Gasteiger partial charge in [-0.15, -0.1) is 0 Å². The molecule has 1 aromatic rings. The molecule has 6 nitrogen and oxygen atoms in total. The summed E-state index contributed by atoms with van der Waals surface area (Å²) >= 11 is 0. The molecule has 0 aliphatic carbocycles. The van der Waals surface area contributed by atoms with Gasteiger partial charge in [0.1, 0.15) is 31.7 Å². The molecule has 24 heavy (non-hydrogen) atoms. The number of para-hydroxylation sites is 2. The Balaban J connectivity index is 1.91. The van der Waals surface area contributed by atoms with Crippen molar-refractivity contribution in [3.8, 4) is 0 Å². The van der Waals surface area contributed by atoms with Crippen molar-refractivity contribution < 1.29 is 19.4 Å². The Morgan fingerprint density at radius 2 is 1.83 bits per heavy atom. The summed E-state index contributed by atoms with van der Waals surface area (Å²) < 4.78 is 0. The molecule has 2 aliphatic heterocycles. The van der Waals surface area contributed by atoms with Crippen LogP contribution in [0.2, 0.25) is 0 Å². The van der Waals surface area contributed by atoms with Crippen molar-refractivity contribution in [1.29, 1.82) is 0 Å². The number of nitrogens with one attached hydrogen (secondary N) is 3. The number of anilines is 2. The van der Waals surface area contributed by atoms with E-state index in [0.717, 1.165) is 31.9 Å². The summed E-state index contributed by atoms with van der Waals surface area (Å²) in [6, 6.07) is 7.38. The van der Waals surface area contributed by atoms with Gasteiger partial charge in [-0.05, 0) is 32.9 Å². The van der Waals surface area contributed by atoms with E-state index in [1.165, 1.54) is 9.80 Å². The quantitative estimate of drug-likeness (QED) is 0.621. The van der Waals surface area contributed by atoms with E-state index >= 15 is 0 Å². The van der Waals surface area contributed by atoms with Crippen molar-refractivity contribution in [3.63, 3.8) is 0 Å². The smallest absolute Gasteiger partial charge is 0.285 e. The van der Waals surface area contributed by atoms with Gasteiger partial charge in [-0.2, -0.15) is 0 Å². The molecule has 3 N–H and O–H groups in total. The summed E-state index contributed by atoms with van der Waals surface area (Å²) in [6.07, 6.45) is 0. The van der Waals surface area contributed by atoms with Crippen LogP contribution in [0.1, 0.15) is 20.8 Å². The third-order valence-corrected chi connectivity index (χ3v) is 5.46. The number of hydrogen-bond acceptors (Lipinski definition) is 2. The molecule has 2 amide bonds. The number of piperazine rings is 1. The summed E-state index contributed by atoms with van der Waals surface area (Å²) in [5, 5.41) is 2.92. The van der Waals surface area contributed by atoms with Crippen LogP contribution in [0.4, 0.5) is 11.4 Å². The van der Waals surface area contributed by atoms with E-state index in [4.69, 9.17) is 0 Å². The second-order valence-electron chi connectivity index (χ2n) is 7.54. The normalized spacial score (nSPS) is 27.2.